The van der Waals surface area contributed by atoms with Gasteiger partial charge in [0.15, 0.2) is 0 Å². The zero-order chi connectivity index (χ0) is 13.5. The summed E-state index contributed by atoms with van der Waals surface area (Å²) in [6, 6.07) is 4.04. The zero-order valence-corrected chi connectivity index (χ0v) is 11.3. The van der Waals surface area contributed by atoms with Gasteiger partial charge in [-0.1, -0.05) is 6.07 Å². The van der Waals surface area contributed by atoms with Crippen molar-refractivity contribution in [1.29, 1.82) is 0 Å². The van der Waals surface area contributed by atoms with Crippen LogP contribution < -0.4 is 5.32 Å². The van der Waals surface area contributed by atoms with E-state index in [-0.39, 0.29) is 6.10 Å². The van der Waals surface area contributed by atoms with E-state index in [4.69, 9.17) is 14.2 Å². The van der Waals surface area contributed by atoms with Crippen LogP contribution in [-0.4, -0.2) is 49.8 Å². The number of nitrogens with one attached hydrogen (secondary N) is 1. The molecule has 0 radical (unpaired) electrons. The van der Waals surface area contributed by atoms with Gasteiger partial charge < -0.3 is 24.6 Å². The van der Waals surface area contributed by atoms with E-state index >= 15 is 0 Å². The molecule has 20 heavy (non-hydrogen) atoms. The number of hydrogen-bond acceptors (Lipinski definition) is 5. The van der Waals surface area contributed by atoms with E-state index in [1.54, 1.807) is 0 Å². The second kappa shape index (κ2) is 4.91. The fourth-order valence-corrected chi connectivity index (χ4v) is 2.49. The molecule has 5 heteroatoms. The lowest BCUT2D eigenvalue weighted by Gasteiger charge is -2.15. The number of anilines is 1. The highest BCUT2D eigenvalue weighted by atomic mass is 16.6. The summed E-state index contributed by atoms with van der Waals surface area (Å²) in [5.41, 5.74) is 2.97. The molecule has 3 aliphatic rings. The molecule has 0 bridgehead atoms. The molecule has 3 saturated heterocycles. The maximum Gasteiger partial charge on any atom is 0.142 e. The third-order valence-corrected chi connectivity index (χ3v) is 3.99. The van der Waals surface area contributed by atoms with E-state index in [9.17, 15) is 5.11 Å². The van der Waals surface area contributed by atoms with Crippen molar-refractivity contribution >= 4 is 5.69 Å². The lowest BCUT2D eigenvalue weighted by molar-refractivity contribution is 0.396. The molecule has 1 aromatic carbocycles. The van der Waals surface area contributed by atoms with Gasteiger partial charge in [0.25, 0.3) is 0 Å². The molecule has 3 unspecified atom stereocenters. The Kier molecular flexibility index (Phi) is 3.06. The van der Waals surface area contributed by atoms with Gasteiger partial charge in [-0.3, -0.25) is 0 Å². The number of aromatic hydroxyl groups is 1. The van der Waals surface area contributed by atoms with Gasteiger partial charge in [-0.2, -0.15) is 0 Å². The van der Waals surface area contributed by atoms with E-state index in [0.717, 1.165) is 50.5 Å². The number of benzene rings is 1. The lowest BCUT2D eigenvalue weighted by atomic mass is 9.97. The Labute approximate surface area is 117 Å². The van der Waals surface area contributed by atoms with Crippen molar-refractivity contribution in [3.8, 4) is 5.75 Å². The molecule has 3 aliphatic heterocycles. The van der Waals surface area contributed by atoms with Crippen LogP contribution in [0.3, 0.4) is 0 Å². The molecule has 0 aliphatic carbocycles. The highest BCUT2D eigenvalue weighted by Crippen LogP contribution is 2.35. The van der Waals surface area contributed by atoms with Crippen LogP contribution in [0, 0.1) is 0 Å². The predicted molar refractivity (Wildman–Crippen MR) is 73.2 cm³/mol. The molecule has 2 N–H and O–H groups in total. The quantitative estimate of drug-likeness (QED) is 0.576. The normalized spacial score (nSPS) is 30.1. The van der Waals surface area contributed by atoms with Gasteiger partial charge in [0.2, 0.25) is 0 Å². The van der Waals surface area contributed by atoms with Crippen molar-refractivity contribution in [1.82, 2.24) is 0 Å². The van der Waals surface area contributed by atoms with Crippen LogP contribution in [0.15, 0.2) is 12.1 Å². The molecule has 3 atom stereocenters. The van der Waals surface area contributed by atoms with E-state index in [1.165, 1.54) is 5.56 Å². The van der Waals surface area contributed by atoms with Gasteiger partial charge in [0.1, 0.15) is 5.75 Å². The average Bonchev–Trinajstić information content (AvgIpc) is 3.25. The van der Waals surface area contributed by atoms with Crippen LogP contribution in [0.2, 0.25) is 0 Å². The van der Waals surface area contributed by atoms with Gasteiger partial charge >= 0.3 is 0 Å². The molecular formula is C15H19NO4. The third kappa shape index (κ3) is 2.90. The average molecular weight is 277 g/mol. The Balaban J connectivity index is 1.55. The summed E-state index contributed by atoms with van der Waals surface area (Å²) < 4.78 is 15.8. The summed E-state index contributed by atoms with van der Waals surface area (Å²) >= 11 is 0. The summed E-state index contributed by atoms with van der Waals surface area (Å²) in [5.74, 6) is 0.360. The third-order valence-electron chi connectivity index (χ3n) is 3.99. The van der Waals surface area contributed by atoms with Gasteiger partial charge in [0.05, 0.1) is 43.8 Å². The number of ether oxygens (including phenoxy) is 3. The smallest absolute Gasteiger partial charge is 0.142 e. The largest absolute Gasteiger partial charge is 0.505 e. The lowest BCUT2D eigenvalue weighted by Crippen LogP contribution is -2.10. The van der Waals surface area contributed by atoms with Crippen molar-refractivity contribution in [2.24, 2.45) is 0 Å². The number of epoxide rings is 3. The topological polar surface area (TPSA) is 69.8 Å². The predicted octanol–water partition coefficient (Wildman–Crippen LogP) is 1.09. The first-order valence-corrected chi connectivity index (χ1v) is 7.22. The first-order chi connectivity index (χ1) is 9.79. The summed E-state index contributed by atoms with van der Waals surface area (Å²) in [4.78, 5) is 0. The summed E-state index contributed by atoms with van der Waals surface area (Å²) in [5, 5.41) is 13.8. The maximum atomic E-state index is 10.5. The molecule has 0 spiro atoms. The number of rotatable bonds is 7. The molecule has 3 heterocycles. The van der Waals surface area contributed by atoms with E-state index in [1.807, 2.05) is 6.07 Å². The van der Waals surface area contributed by atoms with Gasteiger partial charge in [0, 0.05) is 24.9 Å². The summed E-state index contributed by atoms with van der Waals surface area (Å²) in [6.07, 6.45) is 2.54. The van der Waals surface area contributed by atoms with Crippen LogP contribution in [0.1, 0.15) is 11.1 Å². The Morgan fingerprint density at radius 2 is 1.65 bits per heavy atom. The molecule has 108 valence electrons. The minimum absolute atomic E-state index is 0.266. The standard InChI is InChI=1S/C15H19NO4/c17-15-13(4-11-7-19-11)9(3-10-6-18-10)1-2-14(15)16-5-12-8-20-12/h1-2,10-12,16-17H,3-8H2. The fraction of sp³-hybridized carbons (Fsp3) is 0.600. The van der Waals surface area contributed by atoms with E-state index < -0.39 is 0 Å². The minimum Gasteiger partial charge on any atom is -0.505 e. The number of phenolic OH excluding ortho intramolecular Hbond substituents is 1. The van der Waals surface area contributed by atoms with Gasteiger partial charge in [-0.25, -0.2) is 0 Å². The first kappa shape index (κ1) is 12.4. The second-order valence-electron chi connectivity index (χ2n) is 5.75. The van der Waals surface area contributed by atoms with Crippen molar-refractivity contribution in [3.05, 3.63) is 23.3 Å². The first-order valence-electron chi connectivity index (χ1n) is 7.22. The van der Waals surface area contributed by atoms with Crippen molar-refractivity contribution in [2.45, 2.75) is 31.2 Å². The molecular weight excluding hydrogens is 258 g/mol. The van der Waals surface area contributed by atoms with Crippen LogP contribution in [0.4, 0.5) is 5.69 Å². The van der Waals surface area contributed by atoms with E-state index in [2.05, 4.69) is 11.4 Å². The molecule has 0 aromatic heterocycles. The monoisotopic (exact) mass is 277 g/mol. The Morgan fingerprint density at radius 1 is 1.00 bits per heavy atom. The van der Waals surface area contributed by atoms with Crippen LogP contribution in [-0.2, 0) is 27.1 Å². The van der Waals surface area contributed by atoms with Crippen LogP contribution >= 0.6 is 0 Å². The summed E-state index contributed by atoms with van der Waals surface area (Å²) in [7, 11) is 0. The summed E-state index contributed by atoms with van der Waals surface area (Å²) in [6.45, 7) is 3.19. The molecule has 3 fully saturated rings. The second-order valence-corrected chi connectivity index (χ2v) is 5.75. The highest BCUT2D eigenvalue weighted by Gasteiger charge is 2.30. The number of phenols is 1. The van der Waals surface area contributed by atoms with Crippen molar-refractivity contribution in [3.63, 3.8) is 0 Å². The SMILES string of the molecule is Oc1c(NCC2CO2)ccc(CC2CO2)c1CC1CO1. The Morgan fingerprint density at radius 3 is 2.30 bits per heavy atom. The maximum absolute atomic E-state index is 10.5. The Hall–Kier alpha value is -1.30. The fourth-order valence-electron chi connectivity index (χ4n) is 2.49. The highest BCUT2D eigenvalue weighted by molar-refractivity contribution is 5.62. The number of hydrogen-bond donors (Lipinski definition) is 2. The van der Waals surface area contributed by atoms with Gasteiger partial charge in [-0.15, -0.1) is 0 Å². The van der Waals surface area contributed by atoms with Crippen LogP contribution in [0.5, 0.6) is 5.75 Å². The van der Waals surface area contributed by atoms with Crippen molar-refractivity contribution in [2.75, 3.05) is 31.7 Å². The molecule has 0 amide bonds. The van der Waals surface area contributed by atoms with E-state index in [0.29, 0.717) is 18.0 Å². The molecule has 4 rings (SSSR count). The van der Waals surface area contributed by atoms with Crippen molar-refractivity contribution < 1.29 is 19.3 Å². The van der Waals surface area contributed by atoms with Gasteiger partial charge in [-0.05, 0) is 11.6 Å². The molecule has 1 aromatic rings. The van der Waals surface area contributed by atoms with Crippen LogP contribution in [0.25, 0.3) is 0 Å². The molecule has 5 nitrogen and oxygen atoms in total. The zero-order valence-electron chi connectivity index (χ0n) is 11.3. The Bertz CT molecular complexity index is 507. The molecule has 0 saturated carbocycles. The minimum atomic E-state index is 0.266.